The molecule has 0 aromatic heterocycles. The smallest absolute Gasteiger partial charge is 0.322 e. The van der Waals surface area contributed by atoms with Crippen LogP contribution >= 0.6 is 0 Å². The fraction of sp³-hybridized carbons (Fsp3) is 0.316. The second kappa shape index (κ2) is 7.95. The van der Waals surface area contributed by atoms with E-state index in [1.54, 1.807) is 49.5 Å². The molecule has 0 radical (unpaired) electrons. The number of nitrogens with zero attached hydrogens (tertiary/aromatic N) is 2. The number of methoxy groups -OCH3 is 2. The lowest BCUT2D eigenvalue weighted by Crippen LogP contribution is -2.50. The van der Waals surface area contributed by atoms with E-state index < -0.39 is 0 Å². The molecule has 138 valence electrons. The maximum atomic E-state index is 13.9. The van der Waals surface area contributed by atoms with E-state index >= 15 is 0 Å². The summed E-state index contributed by atoms with van der Waals surface area (Å²) in [5.74, 6) is 0.945. The van der Waals surface area contributed by atoms with Crippen LogP contribution in [0.1, 0.15) is 0 Å². The first-order valence-corrected chi connectivity index (χ1v) is 8.40. The summed E-state index contributed by atoms with van der Waals surface area (Å²) in [5.41, 5.74) is 1.12. The van der Waals surface area contributed by atoms with Crippen molar-refractivity contribution in [2.24, 2.45) is 0 Å². The van der Waals surface area contributed by atoms with Gasteiger partial charge in [-0.3, -0.25) is 0 Å². The number of rotatable bonds is 4. The average Bonchev–Trinajstić information content (AvgIpc) is 2.68. The van der Waals surface area contributed by atoms with Crippen molar-refractivity contribution in [2.75, 3.05) is 50.6 Å². The van der Waals surface area contributed by atoms with Crippen molar-refractivity contribution >= 4 is 17.4 Å². The van der Waals surface area contributed by atoms with Gasteiger partial charge in [-0.1, -0.05) is 12.1 Å². The van der Waals surface area contributed by atoms with Crippen LogP contribution in [-0.4, -0.2) is 51.3 Å². The van der Waals surface area contributed by atoms with Crippen LogP contribution in [0.4, 0.5) is 20.6 Å². The van der Waals surface area contributed by atoms with Crippen LogP contribution < -0.4 is 19.7 Å². The minimum absolute atomic E-state index is 0.218. The molecule has 1 aliphatic heterocycles. The number of anilines is 2. The van der Waals surface area contributed by atoms with Gasteiger partial charge in [0.2, 0.25) is 0 Å². The molecule has 26 heavy (non-hydrogen) atoms. The zero-order valence-corrected chi connectivity index (χ0v) is 14.9. The summed E-state index contributed by atoms with van der Waals surface area (Å²) < 4.78 is 24.4. The fourth-order valence-corrected chi connectivity index (χ4v) is 2.96. The normalized spacial score (nSPS) is 14.1. The van der Waals surface area contributed by atoms with Gasteiger partial charge < -0.3 is 24.6 Å². The first kappa shape index (κ1) is 17.8. The highest BCUT2D eigenvalue weighted by atomic mass is 19.1. The second-order valence-corrected chi connectivity index (χ2v) is 5.92. The number of hydrogen-bond acceptors (Lipinski definition) is 4. The summed E-state index contributed by atoms with van der Waals surface area (Å²) >= 11 is 0. The van der Waals surface area contributed by atoms with Crippen molar-refractivity contribution in [1.82, 2.24) is 4.90 Å². The molecule has 2 amide bonds. The van der Waals surface area contributed by atoms with Gasteiger partial charge in [-0.05, 0) is 24.3 Å². The maximum Gasteiger partial charge on any atom is 0.322 e. The number of piperazine rings is 1. The van der Waals surface area contributed by atoms with E-state index in [1.165, 1.54) is 6.07 Å². The number of para-hydroxylation sites is 1. The van der Waals surface area contributed by atoms with E-state index in [0.717, 1.165) is 0 Å². The van der Waals surface area contributed by atoms with Gasteiger partial charge >= 0.3 is 6.03 Å². The van der Waals surface area contributed by atoms with Crippen LogP contribution in [0.5, 0.6) is 11.5 Å². The van der Waals surface area contributed by atoms with E-state index in [0.29, 0.717) is 49.1 Å². The summed E-state index contributed by atoms with van der Waals surface area (Å²) in [7, 11) is 3.11. The molecule has 1 N–H and O–H groups in total. The lowest BCUT2D eigenvalue weighted by Gasteiger charge is -2.36. The van der Waals surface area contributed by atoms with Crippen molar-refractivity contribution < 1.29 is 18.7 Å². The first-order valence-electron chi connectivity index (χ1n) is 8.40. The molecule has 1 aliphatic rings. The number of hydrogen-bond donors (Lipinski definition) is 1. The summed E-state index contributed by atoms with van der Waals surface area (Å²) in [6.45, 7) is 2.16. The minimum Gasteiger partial charge on any atom is -0.497 e. The van der Waals surface area contributed by atoms with Gasteiger partial charge in [-0.2, -0.15) is 0 Å². The largest absolute Gasteiger partial charge is 0.497 e. The molecule has 3 rings (SSSR count). The standard InChI is InChI=1S/C19H22FN3O3/c1-25-14-7-8-18(26-2)16(13-14)21-19(24)23-11-9-22(10-12-23)17-6-4-3-5-15(17)20/h3-8,13H,9-12H2,1-2H3,(H,21,24). The van der Waals surface area contributed by atoms with Crippen LogP contribution in [0.2, 0.25) is 0 Å². The van der Waals surface area contributed by atoms with Crippen LogP contribution in [0.25, 0.3) is 0 Å². The number of amides is 2. The fourth-order valence-electron chi connectivity index (χ4n) is 2.96. The Kier molecular flexibility index (Phi) is 5.46. The van der Waals surface area contributed by atoms with E-state index in [-0.39, 0.29) is 11.8 Å². The third-order valence-electron chi connectivity index (χ3n) is 4.41. The Hall–Kier alpha value is -2.96. The number of ether oxygens (including phenoxy) is 2. The van der Waals surface area contributed by atoms with E-state index in [2.05, 4.69) is 5.32 Å². The van der Waals surface area contributed by atoms with Crippen LogP contribution in [-0.2, 0) is 0 Å². The first-order chi connectivity index (χ1) is 12.6. The molecular weight excluding hydrogens is 337 g/mol. The average molecular weight is 359 g/mol. The third-order valence-corrected chi connectivity index (χ3v) is 4.41. The summed E-state index contributed by atoms with van der Waals surface area (Å²) in [6, 6.07) is 11.7. The van der Waals surface area contributed by atoms with Crippen molar-refractivity contribution in [3.63, 3.8) is 0 Å². The molecule has 2 aromatic carbocycles. The lowest BCUT2D eigenvalue weighted by molar-refractivity contribution is 0.208. The van der Waals surface area contributed by atoms with Gasteiger partial charge in [0.25, 0.3) is 0 Å². The highest BCUT2D eigenvalue weighted by molar-refractivity contribution is 5.91. The van der Waals surface area contributed by atoms with Gasteiger partial charge in [0, 0.05) is 32.2 Å². The van der Waals surface area contributed by atoms with Gasteiger partial charge in [0.1, 0.15) is 17.3 Å². The SMILES string of the molecule is COc1ccc(OC)c(NC(=O)N2CCN(c3ccccc3F)CC2)c1. The molecule has 1 fully saturated rings. The van der Waals surface area contributed by atoms with E-state index in [1.807, 2.05) is 11.0 Å². The molecule has 1 heterocycles. The monoisotopic (exact) mass is 359 g/mol. The number of urea groups is 1. The number of carbonyl (C=O) groups excluding carboxylic acids is 1. The van der Waals surface area contributed by atoms with Crippen molar-refractivity contribution in [1.29, 1.82) is 0 Å². The second-order valence-electron chi connectivity index (χ2n) is 5.92. The summed E-state index contributed by atoms with van der Waals surface area (Å²) in [6.07, 6.45) is 0. The molecule has 7 heteroatoms. The minimum atomic E-state index is -0.244. The zero-order chi connectivity index (χ0) is 18.5. The molecule has 2 aromatic rings. The number of carbonyl (C=O) groups is 1. The van der Waals surface area contributed by atoms with Gasteiger partial charge in [-0.25, -0.2) is 9.18 Å². The van der Waals surface area contributed by atoms with Crippen LogP contribution in [0.3, 0.4) is 0 Å². The lowest BCUT2D eigenvalue weighted by atomic mass is 10.2. The molecular formula is C19H22FN3O3. The number of benzene rings is 2. The van der Waals surface area contributed by atoms with Crippen molar-refractivity contribution in [3.05, 3.63) is 48.3 Å². The van der Waals surface area contributed by atoms with Crippen LogP contribution in [0.15, 0.2) is 42.5 Å². The van der Waals surface area contributed by atoms with Crippen molar-refractivity contribution in [3.8, 4) is 11.5 Å². The zero-order valence-electron chi connectivity index (χ0n) is 14.9. The molecule has 0 atom stereocenters. The van der Waals surface area contributed by atoms with E-state index in [9.17, 15) is 9.18 Å². The molecule has 0 saturated carbocycles. The topological polar surface area (TPSA) is 54.0 Å². The Morgan fingerprint density at radius 2 is 1.77 bits per heavy atom. The predicted octanol–water partition coefficient (Wildman–Crippen LogP) is 3.20. The van der Waals surface area contributed by atoms with Crippen LogP contribution in [0, 0.1) is 5.82 Å². The molecule has 0 aliphatic carbocycles. The van der Waals surface area contributed by atoms with Gasteiger partial charge in [0.05, 0.1) is 25.6 Å². The molecule has 0 bridgehead atoms. The molecule has 0 unspecified atom stereocenters. The van der Waals surface area contributed by atoms with Gasteiger partial charge in [-0.15, -0.1) is 0 Å². The Bertz CT molecular complexity index is 776. The highest BCUT2D eigenvalue weighted by Crippen LogP contribution is 2.29. The quantitative estimate of drug-likeness (QED) is 0.911. The highest BCUT2D eigenvalue weighted by Gasteiger charge is 2.23. The Morgan fingerprint density at radius 3 is 2.42 bits per heavy atom. The molecule has 1 saturated heterocycles. The number of halogens is 1. The third kappa shape index (κ3) is 3.82. The summed E-state index contributed by atoms with van der Waals surface area (Å²) in [4.78, 5) is 16.2. The molecule has 6 nitrogen and oxygen atoms in total. The predicted molar refractivity (Wildman–Crippen MR) is 98.8 cm³/mol. The molecule has 0 spiro atoms. The summed E-state index contributed by atoms with van der Waals surface area (Å²) in [5, 5.41) is 2.86. The van der Waals surface area contributed by atoms with E-state index in [4.69, 9.17) is 9.47 Å². The Balaban J connectivity index is 1.63. The maximum absolute atomic E-state index is 13.9. The van der Waals surface area contributed by atoms with Crippen molar-refractivity contribution in [2.45, 2.75) is 0 Å². The Labute approximate surface area is 152 Å². The Morgan fingerprint density at radius 1 is 1.04 bits per heavy atom. The number of nitrogens with one attached hydrogen (secondary N) is 1. The van der Waals surface area contributed by atoms with Gasteiger partial charge in [0.15, 0.2) is 0 Å².